The quantitative estimate of drug-likeness (QED) is 0.870. The lowest BCUT2D eigenvalue weighted by molar-refractivity contribution is -0.133. The number of piperazine rings is 1. The molecule has 0 radical (unpaired) electrons. The van der Waals surface area contributed by atoms with Crippen LogP contribution >= 0.6 is 0 Å². The van der Waals surface area contributed by atoms with E-state index >= 15 is 0 Å². The van der Waals surface area contributed by atoms with E-state index in [1.54, 1.807) is 0 Å². The van der Waals surface area contributed by atoms with Gasteiger partial charge in [0.2, 0.25) is 5.91 Å². The molecule has 0 aliphatic carbocycles. The second-order valence-electron chi connectivity index (χ2n) is 6.35. The molecule has 0 N–H and O–H groups in total. The average Bonchev–Trinajstić information content (AvgIpc) is 2.58. The number of rotatable bonds is 3. The number of carbonyl (C=O) groups excluding carboxylic acids is 1. The van der Waals surface area contributed by atoms with Crippen LogP contribution in [0.4, 0.5) is 0 Å². The van der Waals surface area contributed by atoms with E-state index in [1.165, 1.54) is 11.1 Å². The van der Waals surface area contributed by atoms with Crippen LogP contribution in [0.25, 0.3) is 0 Å². The highest BCUT2D eigenvalue weighted by Gasteiger charge is 2.28. The molecule has 120 valence electrons. The van der Waals surface area contributed by atoms with Crippen molar-refractivity contribution in [1.29, 1.82) is 0 Å². The van der Waals surface area contributed by atoms with Crippen LogP contribution in [0.2, 0.25) is 0 Å². The second kappa shape index (κ2) is 6.97. The lowest BCUT2D eigenvalue weighted by Crippen LogP contribution is -2.49. The standard InChI is InChI=1S/C20H24N2O/c1-16-8-6-7-11-18(16)14-20(23)22-13-12-21(2)19(15-22)17-9-4-3-5-10-17/h3-11,19H,12-15H2,1-2H3. The minimum Gasteiger partial charge on any atom is -0.339 e. The van der Waals surface area contributed by atoms with Crippen molar-refractivity contribution in [3.63, 3.8) is 0 Å². The van der Waals surface area contributed by atoms with Crippen molar-refractivity contribution in [2.75, 3.05) is 26.7 Å². The van der Waals surface area contributed by atoms with Gasteiger partial charge < -0.3 is 4.90 Å². The third-order valence-electron chi connectivity index (χ3n) is 4.79. The number of amides is 1. The van der Waals surface area contributed by atoms with Crippen molar-refractivity contribution >= 4 is 5.91 Å². The van der Waals surface area contributed by atoms with Crippen LogP contribution in [0.5, 0.6) is 0 Å². The first-order chi connectivity index (χ1) is 11.1. The van der Waals surface area contributed by atoms with Crippen LogP contribution in [-0.4, -0.2) is 42.4 Å². The van der Waals surface area contributed by atoms with Crippen molar-refractivity contribution < 1.29 is 4.79 Å². The molecule has 3 nitrogen and oxygen atoms in total. The van der Waals surface area contributed by atoms with Crippen LogP contribution in [0.15, 0.2) is 54.6 Å². The Morgan fingerprint density at radius 3 is 2.48 bits per heavy atom. The maximum atomic E-state index is 12.7. The monoisotopic (exact) mass is 308 g/mol. The zero-order valence-corrected chi connectivity index (χ0v) is 13.9. The van der Waals surface area contributed by atoms with Crippen LogP contribution in [-0.2, 0) is 11.2 Å². The molecule has 0 saturated carbocycles. The SMILES string of the molecule is Cc1ccccc1CC(=O)N1CCN(C)C(c2ccccc2)C1. The van der Waals surface area contributed by atoms with Gasteiger partial charge in [-0.3, -0.25) is 9.69 Å². The fourth-order valence-corrected chi connectivity index (χ4v) is 3.22. The lowest BCUT2D eigenvalue weighted by atomic mass is 10.0. The number of hydrogen-bond donors (Lipinski definition) is 0. The molecule has 1 amide bonds. The van der Waals surface area contributed by atoms with Crippen molar-refractivity contribution in [2.24, 2.45) is 0 Å². The predicted molar refractivity (Wildman–Crippen MR) is 93.3 cm³/mol. The number of nitrogens with zero attached hydrogens (tertiary/aromatic N) is 2. The van der Waals surface area contributed by atoms with Gasteiger partial charge >= 0.3 is 0 Å². The zero-order valence-electron chi connectivity index (χ0n) is 13.9. The van der Waals surface area contributed by atoms with Gasteiger partial charge in [0.25, 0.3) is 0 Å². The van der Waals surface area contributed by atoms with E-state index in [9.17, 15) is 4.79 Å². The maximum absolute atomic E-state index is 12.7. The molecule has 23 heavy (non-hydrogen) atoms. The van der Waals surface area contributed by atoms with Gasteiger partial charge in [0, 0.05) is 19.6 Å². The van der Waals surface area contributed by atoms with Gasteiger partial charge in [0.15, 0.2) is 0 Å². The molecule has 1 unspecified atom stereocenters. The molecule has 3 heteroatoms. The molecule has 1 aliphatic heterocycles. The number of hydrogen-bond acceptors (Lipinski definition) is 2. The van der Waals surface area contributed by atoms with Crippen LogP contribution in [0.1, 0.15) is 22.7 Å². The van der Waals surface area contributed by atoms with E-state index in [0.717, 1.165) is 25.2 Å². The van der Waals surface area contributed by atoms with E-state index in [4.69, 9.17) is 0 Å². The minimum absolute atomic E-state index is 0.230. The molecule has 2 aromatic rings. The Labute approximate surface area is 138 Å². The Balaban J connectivity index is 1.71. The Hall–Kier alpha value is -2.13. The molecule has 1 atom stereocenters. The van der Waals surface area contributed by atoms with E-state index in [-0.39, 0.29) is 11.9 Å². The summed E-state index contributed by atoms with van der Waals surface area (Å²) in [4.78, 5) is 17.1. The summed E-state index contributed by atoms with van der Waals surface area (Å²) in [7, 11) is 2.14. The Kier molecular flexibility index (Phi) is 4.77. The maximum Gasteiger partial charge on any atom is 0.227 e. The molecule has 1 heterocycles. The smallest absolute Gasteiger partial charge is 0.227 e. The molecule has 2 aromatic carbocycles. The van der Waals surface area contributed by atoms with Crippen molar-refractivity contribution in [3.05, 3.63) is 71.3 Å². The molecule has 1 aliphatic rings. The first kappa shape index (κ1) is 15.8. The molecular weight excluding hydrogens is 284 g/mol. The number of benzene rings is 2. The van der Waals surface area contributed by atoms with Gasteiger partial charge in [0.05, 0.1) is 12.5 Å². The van der Waals surface area contributed by atoms with Gasteiger partial charge in [-0.1, -0.05) is 54.6 Å². The Bertz CT molecular complexity index is 668. The van der Waals surface area contributed by atoms with Crippen molar-refractivity contribution in [1.82, 2.24) is 9.80 Å². The van der Waals surface area contributed by atoms with E-state index in [1.807, 2.05) is 23.1 Å². The summed E-state index contributed by atoms with van der Waals surface area (Å²) in [6.45, 7) is 4.56. The highest BCUT2D eigenvalue weighted by atomic mass is 16.2. The summed E-state index contributed by atoms with van der Waals surface area (Å²) >= 11 is 0. The highest BCUT2D eigenvalue weighted by Crippen LogP contribution is 2.24. The number of carbonyl (C=O) groups is 1. The lowest BCUT2D eigenvalue weighted by Gasteiger charge is -2.39. The van der Waals surface area contributed by atoms with Crippen LogP contribution in [0.3, 0.4) is 0 Å². The first-order valence-electron chi connectivity index (χ1n) is 8.22. The fourth-order valence-electron chi connectivity index (χ4n) is 3.22. The fraction of sp³-hybridized carbons (Fsp3) is 0.350. The van der Waals surface area contributed by atoms with Gasteiger partial charge in [-0.05, 0) is 30.7 Å². The zero-order chi connectivity index (χ0) is 16.2. The van der Waals surface area contributed by atoms with Crippen LogP contribution in [0, 0.1) is 6.92 Å². The van der Waals surface area contributed by atoms with Crippen LogP contribution < -0.4 is 0 Å². The molecule has 0 spiro atoms. The summed E-state index contributed by atoms with van der Waals surface area (Å²) in [5, 5.41) is 0. The highest BCUT2D eigenvalue weighted by molar-refractivity contribution is 5.79. The molecule has 0 bridgehead atoms. The normalized spacial score (nSPS) is 18.9. The second-order valence-corrected chi connectivity index (χ2v) is 6.35. The first-order valence-corrected chi connectivity index (χ1v) is 8.22. The molecule has 1 fully saturated rings. The largest absolute Gasteiger partial charge is 0.339 e. The number of aryl methyl sites for hydroxylation is 1. The summed E-state index contributed by atoms with van der Waals surface area (Å²) in [5.41, 5.74) is 3.60. The Morgan fingerprint density at radius 2 is 1.74 bits per heavy atom. The third-order valence-corrected chi connectivity index (χ3v) is 4.79. The van der Waals surface area contributed by atoms with Gasteiger partial charge in [0.1, 0.15) is 0 Å². The summed E-state index contributed by atoms with van der Waals surface area (Å²) in [5.74, 6) is 0.230. The van der Waals surface area contributed by atoms with E-state index in [2.05, 4.69) is 55.3 Å². The van der Waals surface area contributed by atoms with Crippen molar-refractivity contribution in [2.45, 2.75) is 19.4 Å². The van der Waals surface area contributed by atoms with Gasteiger partial charge in [-0.2, -0.15) is 0 Å². The molecule has 0 aromatic heterocycles. The van der Waals surface area contributed by atoms with Gasteiger partial charge in [-0.15, -0.1) is 0 Å². The molecule has 3 rings (SSSR count). The van der Waals surface area contributed by atoms with Gasteiger partial charge in [-0.25, -0.2) is 0 Å². The molecule has 1 saturated heterocycles. The number of likely N-dealkylation sites (N-methyl/N-ethyl adjacent to an activating group) is 1. The minimum atomic E-state index is 0.230. The predicted octanol–water partition coefficient (Wildman–Crippen LogP) is 3.05. The third kappa shape index (κ3) is 3.62. The van der Waals surface area contributed by atoms with E-state index in [0.29, 0.717) is 6.42 Å². The Morgan fingerprint density at radius 1 is 1.04 bits per heavy atom. The topological polar surface area (TPSA) is 23.6 Å². The summed E-state index contributed by atoms with van der Waals surface area (Å²) in [6, 6.07) is 18.9. The summed E-state index contributed by atoms with van der Waals surface area (Å²) in [6.07, 6.45) is 0.498. The summed E-state index contributed by atoms with van der Waals surface area (Å²) < 4.78 is 0. The molecular formula is C20H24N2O. The average molecular weight is 308 g/mol. The van der Waals surface area contributed by atoms with E-state index < -0.39 is 0 Å². The van der Waals surface area contributed by atoms with Crippen molar-refractivity contribution in [3.8, 4) is 0 Å².